The lowest BCUT2D eigenvalue weighted by Gasteiger charge is -2.05. The molecule has 0 aromatic heterocycles. The average Bonchev–Trinajstić information content (AvgIpc) is 1.96. The number of halogens is 3. The summed E-state index contributed by atoms with van der Waals surface area (Å²) in [5.74, 6) is -1.20. The third-order valence-electron chi connectivity index (χ3n) is 1.21. The molecule has 0 spiro atoms. The Morgan fingerprint density at radius 2 is 1.83 bits per heavy atom. The monoisotopic (exact) mass is 253 g/mol. The molecule has 66 valence electrons. The van der Waals surface area contributed by atoms with Crippen molar-refractivity contribution in [3.63, 3.8) is 0 Å². The molecular weight excluding hydrogens is 248 g/mol. The zero-order valence-electron chi connectivity index (χ0n) is 6.20. The van der Waals surface area contributed by atoms with Crippen LogP contribution >= 0.6 is 27.9 Å². The van der Waals surface area contributed by atoms with E-state index in [9.17, 15) is 8.78 Å². The molecule has 0 unspecified atom stereocenters. The first kappa shape index (κ1) is 9.80. The predicted molar refractivity (Wildman–Crippen MR) is 51.2 cm³/mol. The molecule has 1 aromatic rings. The van der Waals surface area contributed by atoms with E-state index in [2.05, 4.69) is 20.7 Å². The van der Waals surface area contributed by atoms with E-state index < -0.39 is 11.6 Å². The molecule has 5 heteroatoms. The van der Waals surface area contributed by atoms with E-state index in [1.807, 2.05) is 0 Å². The molecule has 1 nitrogen and oxygen atoms in total. The van der Waals surface area contributed by atoms with Crippen LogP contribution in [-0.4, -0.2) is 6.26 Å². The summed E-state index contributed by atoms with van der Waals surface area (Å²) in [6.07, 6.45) is 1.70. The first-order valence-corrected chi connectivity index (χ1v) is 5.10. The highest BCUT2D eigenvalue weighted by Gasteiger charge is 2.08. The van der Waals surface area contributed by atoms with Crippen LogP contribution in [0.4, 0.5) is 14.5 Å². The minimum Gasteiger partial charge on any atom is -0.325 e. The SMILES string of the molecule is CSNc1c(F)cc(Br)cc1F. The quantitative estimate of drug-likeness (QED) is 0.811. The van der Waals surface area contributed by atoms with Crippen molar-refractivity contribution in [3.8, 4) is 0 Å². The average molecular weight is 254 g/mol. The summed E-state index contributed by atoms with van der Waals surface area (Å²) in [5.41, 5.74) is -0.106. The molecular formula is C7H6BrF2NS. The van der Waals surface area contributed by atoms with Crippen LogP contribution in [0.2, 0.25) is 0 Å². The molecule has 0 atom stereocenters. The van der Waals surface area contributed by atoms with Gasteiger partial charge in [0.25, 0.3) is 0 Å². The van der Waals surface area contributed by atoms with Crippen LogP contribution in [0.5, 0.6) is 0 Å². The standard InChI is InChI=1S/C7H6BrF2NS/c1-12-11-7-5(9)2-4(8)3-6(7)10/h2-3,11H,1H3. The molecule has 0 saturated heterocycles. The maximum atomic E-state index is 13.0. The molecule has 0 aliphatic carbocycles. The number of rotatable bonds is 2. The van der Waals surface area contributed by atoms with Crippen LogP contribution in [0.3, 0.4) is 0 Å². The normalized spacial score (nSPS) is 10.0. The number of hydrogen-bond acceptors (Lipinski definition) is 2. The molecule has 1 aromatic carbocycles. The molecule has 1 rings (SSSR count). The van der Waals surface area contributed by atoms with Gasteiger partial charge in [-0.3, -0.25) is 0 Å². The van der Waals surface area contributed by atoms with E-state index in [4.69, 9.17) is 0 Å². The number of anilines is 1. The van der Waals surface area contributed by atoms with E-state index in [0.717, 1.165) is 11.9 Å². The maximum Gasteiger partial charge on any atom is 0.151 e. The van der Waals surface area contributed by atoms with Gasteiger partial charge in [-0.1, -0.05) is 27.9 Å². The number of nitrogens with one attached hydrogen (secondary N) is 1. The van der Waals surface area contributed by atoms with Gasteiger partial charge in [0.2, 0.25) is 0 Å². The van der Waals surface area contributed by atoms with E-state index >= 15 is 0 Å². The molecule has 0 radical (unpaired) electrons. The smallest absolute Gasteiger partial charge is 0.151 e. The molecule has 0 aliphatic heterocycles. The fraction of sp³-hybridized carbons (Fsp3) is 0.143. The van der Waals surface area contributed by atoms with Gasteiger partial charge in [0.05, 0.1) is 0 Å². The summed E-state index contributed by atoms with van der Waals surface area (Å²) in [5, 5.41) is 0. The Morgan fingerprint density at radius 3 is 2.25 bits per heavy atom. The first-order chi connectivity index (χ1) is 5.65. The summed E-state index contributed by atoms with van der Waals surface area (Å²) >= 11 is 4.13. The lowest BCUT2D eigenvalue weighted by Crippen LogP contribution is -1.94. The maximum absolute atomic E-state index is 13.0. The summed E-state index contributed by atoms with van der Waals surface area (Å²) in [7, 11) is 0. The van der Waals surface area contributed by atoms with Gasteiger partial charge in [-0.2, -0.15) is 0 Å². The van der Waals surface area contributed by atoms with Gasteiger partial charge in [0.1, 0.15) is 5.69 Å². The minimum absolute atomic E-state index is 0.106. The van der Waals surface area contributed by atoms with Crippen LogP contribution < -0.4 is 4.72 Å². The van der Waals surface area contributed by atoms with Gasteiger partial charge in [-0.05, 0) is 12.1 Å². The zero-order valence-corrected chi connectivity index (χ0v) is 8.60. The fourth-order valence-corrected chi connectivity index (χ4v) is 1.54. The van der Waals surface area contributed by atoms with E-state index in [-0.39, 0.29) is 5.69 Å². The third-order valence-corrected chi connectivity index (χ3v) is 2.08. The summed E-state index contributed by atoms with van der Waals surface area (Å²) < 4.78 is 28.8. The van der Waals surface area contributed by atoms with Crippen molar-refractivity contribution in [2.45, 2.75) is 0 Å². The lowest BCUT2D eigenvalue weighted by molar-refractivity contribution is 0.590. The highest BCUT2D eigenvalue weighted by molar-refractivity contribution is 9.10. The molecule has 0 aliphatic rings. The predicted octanol–water partition coefficient (Wildman–Crippen LogP) is 3.42. The second kappa shape index (κ2) is 4.09. The second-order valence-electron chi connectivity index (χ2n) is 2.05. The summed E-state index contributed by atoms with van der Waals surface area (Å²) in [6, 6.07) is 2.42. The molecule has 0 amide bonds. The second-order valence-corrected chi connectivity index (χ2v) is 3.58. The van der Waals surface area contributed by atoms with Crippen molar-refractivity contribution in [1.29, 1.82) is 0 Å². The molecule has 0 fully saturated rings. The molecule has 0 heterocycles. The van der Waals surface area contributed by atoms with Crippen LogP contribution in [0.15, 0.2) is 16.6 Å². The highest BCUT2D eigenvalue weighted by Crippen LogP contribution is 2.25. The Hall–Kier alpha value is -0.290. The van der Waals surface area contributed by atoms with Crippen molar-refractivity contribution < 1.29 is 8.78 Å². The number of benzene rings is 1. The van der Waals surface area contributed by atoms with Gasteiger partial charge < -0.3 is 4.72 Å². The first-order valence-electron chi connectivity index (χ1n) is 3.08. The zero-order chi connectivity index (χ0) is 9.14. The van der Waals surface area contributed by atoms with Crippen molar-refractivity contribution >= 4 is 33.6 Å². The third kappa shape index (κ3) is 2.10. The van der Waals surface area contributed by atoms with Gasteiger partial charge >= 0.3 is 0 Å². The number of hydrogen-bond donors (Lipinski definition) is 1. The Morgan fingerprint density at radius 1 is 1.33 bits per heavy atom. The van der Waals surface area contributed by atoms with E-state index in [0.29, 0.717) is 4.47 Å². The molecule has 0 bridgehead atoms. The van der Waals surface area contributed by atoms with Crippen molar-refractivity contribution in [3.05, 3.63) is 28.2 Å². The van der Waals surface area contributed by atoms with Crippen LogP contribution in [0.25, 0.3) is 0 Å². The van der Waals surface area contributed by atoms with Gasteiger partial charge in [-0.25, -0.2) is 8.78 Å². The van der Waals surface area contributed by atoms with Gasteiger partial charge in [0.15, 0.2) is 11.6 Å². The Kier molecular flexibility index (Phi) is 3.34. The Labute approximate surface area is 81.8 Å². The van der Waals surface area contributed by atoms with Crippen LogP contribution in [0, 0.1) is 11.6 Å². The topological polar surface area (TPSA) is 12.0 Å². The van der Waals surface area contributed by atoms with Crippen molar-refractivity contribution in [2.75, 3.05) is 11.0 Å². The molecule has 0 saturated carbocycles. The van der Waals surface area contributed by atoms with Crippen molar-refractivity contribution in [1.82, 2.24) is 0 Å². The van der Waals surface area contributed by atoms with Gasteiger partial charge in [-0.15, -0.1) is 0 Å². The molecule has 12 heavy (non-hydrogen) atoms. The van der Waals surface area contributed by atoms with Crippen LogP contribution in [0.1, 0.15) is 0 Å². The lowest BCUT2D eigenvalue weighted by atomic mass is 10.3. The summed E-state index contributed by atoms with van der Waals surface area (Å²) in [4.78, 5) is 0. The Balaban J connectivity index is 3.10. The van der Waals surface area contributed by atoms with Crippen molar-refractivity contribution in [2.24, 2.45) is 0 Å². The Bertz CT molecular complexity index is 270. The van der Waals surface area contributed by atoms with Crippen LogP contribution in [-0.2, 0) is 0 Å². The fourth-order valence-electron chi connectivity index (χ4n) is 0.742. The van der Waals surface area contributed by atoms with E-state index in [1.165, 1.54) is 12.1 Å². The highest BCUT2D eigenvalue weighted by atomic mass is 79.9. The molecule has 1 N–H and O–H groups in total. The van der Waals surface area contributed by atoms with E-state index in [1.54, 1.807) is 6.26 Å². The summed E-state index contributed by atoms with van der Waals surface area (Å²) in [6.45, 7) is 0. The largest absolute Gasteiger partial charge is 0.325 e. The van der Waals surface area contributed by atoms with Gasteiger partial charge in [0, 0.05) is 10.7 Å². The minimum atomic E-state index is -0.601.